The second-order valence-corrected chi connectivity index (χ2v) is 5.93. The molecule has 2 aliphatic rings. The van der Waals surface area contributed by atoms with Crippen molar-refractivity contribution in [2.24, 2.45) is 0 Å². The van der Waals surface area contributed by atoms with Crippen LogP contribution in [0.25, 0.3) is 0 Å². The van der Waals surface area contributed by atoms with E-state index in [0.29, 0.717) is 0 Å². The van der Waals surface area contributed by atoms with E-state index in [1.54, 1.807) is 0 Å². The minimum atomic E-state index is -0.203. The third-order valence-electron chi connectivity index (χ3n) is 3.22. The Morgan fingerprint density at radius 2 is 1.64 bits per heavy atom. The summed E-state index contributed by atoms with van der Waals surface area (Å²) in [5.74, 6) is 4.42. The van der Waals surface area contributed by atoms with Gasteiger partial charge in [-0.05, 0) is 27.7 Å². The van der Waals surface area contributed by atoms with Crippen LogP contribution in [0.4, 0.5) is 0 Å². The van der Waals surface area contributed by atoms with E-state index in [2.05, 4.69) is 33.7 Å². The zero-order valence-corrected chi connectivity index (χ0v) is 10.1. The van der Waals surface area contributed by atoms with Gasteiger partial charge in [0.05, 0.1) is 11.2 Å². The van der Waals surface area contributed by atoms with Crippen molar-refractivity contribution in [3.8, 4) is 0 Å². The normalized spacial score (nSPS) is 28.9. The molecule has 0 saturated carbocycles. The fourth-order valence-corrected chi connectivity index (χ4v) is 2.10. The van der Waals surface area contributed by atoms with Crippen molar-refractivity contribution in [3.05, 3.63) is 11.5 Å². The third-order valence-corrected chi connectivity index (χ3v) is 4.37. The fourth-order valence-electron chi connectivity index (χ4n) is 1.47. The van der Waals surface area contributed by atoms with Crippen molar-refractivity contribution in [1.82, 2.24) is 0 Å². The summed E-state index contributed by atoms with van der Waals surface area (Å²) in [5, 5.41) is 0. The van der Waals surface area contributed by atoms with E-state index >= 15 is 0 Å². The summed E-state index contributed by atoms with van der Waals surface area (Å²) in [6.45, 7) is 8.34. The lowest BCUT2D eigenvalue weighted by atomic mass is 9.87. The Bertz CT molecular complexity index is 251. The molecule has 0 aliphatic carbocycles. The van der Waals surface area contributed by atoms with Gasteiger partial charge in [-0.1, -0.05) is 11.5 Å². The van der Waals surface area contributed by atoms with Crippen LogP contribution >= 0.6 is 11.8 Å². The molecule has 2 rings (SSSR count). The van der Waals surface area contributed by atoms with Gasteiger partial charge in [0.1, 0.15) is 0 Å². The van der Waals surface area contributed by atoms with Gasteiger partial charge in [0.15, 0.2) is 0 Å². The average molecular weight is 212 g/mol. The van der Waals surface area contributed by atoms with Crippen LogP contribution in [-0.4, -0.2) is 29.8 Å². The molecular formula is C10H17BO2S. The fraction of sp³-hybridized carbons (Fsp3) is 0.800. The van der Waals surface area contributed by atoms with Crippen molar-refractivity contribution in [2.75, 3.05) is 11.5 Å². The Labute approximate surface area is 90.6 Å². The van der Waals surface area contributed by atoms with Gasteiger partial charge in [0.2, 0.25) is 0 Å². The summed E-state index contributed by atoms with van der Waals surface area (Å²) in [6.07, 6.45) is 0. The van der Waals surface area contributed by atoms with Crippen molar-refractivity contribution in [2.45, 2.75) is 38.9 Å². The molecule has 0 aromatic carbocycles. The largest absolute Gasteiger partial charge is 0.487 e. The maximum atomic E-state index is 5.86. The van der Waals surface area contributed by atoms with E-state index in [9.17, 15) is 0 Å². The molecule has 2 nitrogen and oxygen atoms in total. The van der Waals surface area contributed by atoms with Gasteiger partial charge < -0.3 is 9.31 Å². The van der Waals surface area contributed by atoms with Crippen molar-refractivity contribution in [1.29, 1.82) is 0 Å². The first-order valence-electron chi connectivity index (χ1n) is 5.04. The monoisotopic (exact) mass is 212 g/mol. The van der Waals surface area contributed by atoms with Crippen LogP contribution in [0.2, 0.25) is 0 Å². The second kappa shape index (κ2) is 3.29. The molecule has 2 saturated heterocycles. The molecule has 14 heavy (non-hydrogen) atoms. The Morgan fingerprint density at radius 3 is 2.00 bits per heavy atom. The summed E-state index contributed by atoms with van der Waals surface area (Å²) < 4.78 is 11.7. The first kappa shape index (κ1) is 10.6. The Morgan fingerprint density at radius 1 is 1.14 bits per heavy atom. The molecule has 0 spiro atoms. The van der Waals surface area contributed by atoms with E-state index in [1.165, 1.54) is 5.57 Å². The standard InChI is InChI=1S/C10H17BO2S/c1-9(2)10(3,4)13-11(12-9)5-8-6-14-7-8/h5H,6-7H2,1-4H3. The molecule has 0 aromatic rings. The van der Waals surface area contributed by atoms with Crippen LogP contribution in [0.5, 0.6) is 0 Å². The molecule has 0 bridgehead atoms. The summed E-state index contributed by atoms with van der Waals surface area (Å²) in [5.41, 5.74) is 1.05. The lowest BCUT2D eigenvalue weighted by Crippen LogP contribution is -2.41. The summed E-state index contributed by atoms with van der Waals surface area (Å²) in [6, 6.07) is 0. The highest BCUT2D eigenvalue weighted by Gasteiger charge is 2.50. The first-order valence-corrected chi connectivity index (χ1v) is 6.19. The number of rotatable bonds is 1. The molecule has 0 N–H and O–H groups in total. The average Bonchev–Trinajstić information content (AvgIpc) is 2.13. The maximum absolute atomic E-state index is 5.86. The Kier molecular flexibility index (Phi) is 2.49. The number of thioether (sulfide) groups is 1. The van der Waals surface area contributed by atoms with Crippen LogP contribution in [0.15, 0.2) is 11.5 Å². The molecular weight excluding hydrogens is 195 g/mol. The van der Waals surface area contributed by atoms with Gasteiger partial charge in [-0.25, -0.2) is 0 Å². The Balaban J connectivity index is 2.06. The minimum absolute atomic E-state index is 0.143. The van der Waals surface area contributed by atoms with Crippen molar-refractivity contribution < 1.29 is 9.31 Å². The van der Waals surface area contributed by atoms with Crippen LogP contribution in [0.1, 0.15) is 27.7 Å². The zero-order valence-electron chi connectivity index (χ0n) is 9.29. The predicted octanol–water partition coefficient (Wildman–Crippen LogP) is 2.29. The van der Waals surface area contributed by atoms with Gasteiger partial charge in [-0.2, -0.15) is 11.8 Å². The third kappa shape index (κ3) is 1.75. The first-order chi connectivity index (χ1) is 6.41. The second-order valence-electron chi connectivity index (χ2n) is 4.94. The van der Waals surface area contributed by atoms with Gasteiger partial charge >= 0.3 is 7.12 Å². The highest BCUT2D eigenvalue weighted by molar-refractivity contribution is 8.01. The quantitative estimate of drug-likeness (QED) is 0.621. The molecule has 0 amide bonds. The maximum Gasteiger partial charge on any atom is 0.487 e. The molecule has 78 valence electrons. The summed E-state index contributed by atoms with van der Waals surface area (Å²) in [4.78, 5) is 0. The van der Waals surface area contributed by atoms with E-state index < -0.39 is 0 Å². The molecule has 0 aromatic heterocycles. The van der Waals surface area contributed by atoms with Gasteiger partial charge in [-0.3, -0.25) is 0 Å². The van der Waals surface area contributed by atoms with Gasteiger partial charge in [0.25, 0.3) is 0 Å². The van der Waals surface area contributed by atoms with E-state index in [-0.39, 0.29) is 18.3 Å². The van der Waals surface area contributed by atoms with E-state index in [4.69, 9.17) is 9.31 Å². The van der Waals surface area contributed by atoms with Gasteiger partial charge in [0, 0.05) is 11.5 Å². The molecule has 2 heterocycles. The smallest absolute Gasteiger partial charge is 0.400 e. The molecule has 2 aliphatic heterocycles. The lowest BCUT2D eigenvalue weighted by molar-refractivity contribution is 0.00578. The highest BCUT2D eigenvalue weighted by Crippen LogP contribution is 2.37. The number of hydrogen-bond donors (Lipinski definition) is 0. The van der Waals surface area contributed by atoms with Crippen molar-refractivity contribution in [3.63, 3.8) is 0 Å². The summed E-state index contributed by atoms with van der Waals surface area (Å²) in [7, 11) is -0.143. The SMILES string of the molecule is CC1(C)OB(C=C2CSC2)OC1(C)C. The predicted molar refractivity (Wildman–Crippen MR) is 61.5 cm³/mol. The summed E-state index contributed by atoms with van der Waals surface area (Å²) >= 11 is 1.95. The molecule has 4 heteroatoms. The number of hydrogen-bond acceptors (Lipinski definition) is 3. The Hall–Kier alpha value is 0.0749. The minimum Gasteiger partial charge on any atom is -0.400 e. The topological polar surface area (TPSA) is 18.5 Å². The van der Waals surface area contributed by atoms with E-state index in [1.807, 2.05) is 11.8 Å². The van der Waals surface area contributed by atoms with Crippen LogP contribution in [0, 0.1) is 0 Å². The lowest BCUT2D eigenvalue weighted by Gasteiger charge is -2.32. The van der Waals surface area contributed by atoms with Crippen LogP contribution in [0.3, 0.4) is 0 Å². The van der Waals surface area contributed by atoms with Crippen LogP contribution < -0.4 is 0 Å². The van der Waals surface area contributed by atoms with Crippen molar-refractivity contribution >= 4 is 18.9 Å². The molecule has 0 atom stereocenters. The van der Waals surface area contributed by atoms with Crippen LogP contribution in [-0.2, 0) is 9.31 Å². The van der Waals surface area contributed by atoms with E-state index in [0.717, 1.165) is 11.5 Å². The molecule has 2 fully saturated rings. The molecule has 0 radical (unpaired) electrons. The zero-order chi connectivity index (χ0) is 10.4. The molecule has 0 unspecified atom stereocenters. The highest BCUT2D eigenvalue weighted by atomic mass is 32.2. The van der Waals surface area contributed by atoms with Gasteiger partial charge in [-0.15, -0.1) is 0 Å².